The molecular formula is C21H19N5O3. The van der Waals surface area contributed by atoms with E-state index < -0.39 is 11.2 Å². The van der Waals surface area contributed by atoms with Gasteiger partial charge in [-0.25, -0.2) is 4.79 Å². The lowest BCUT2D eigenvalue weighted by molar-refractivity contribution is 0.0974. The van der Waals surface area contributed by atoms with Crippen LogP contribution in [0.15, 0.2) is 70.3 Å². The van der Waals surface area contributed by atoms with Gasteiger partial charge in [0, 0.05) is 19.2 Å². The van der Waals surface area contributed by atoms with E-state index in [4.69, 9.17) is 0 Å². The van der Waals surface area contributed by atoms with Crippen LogP contribution in [0, 0.1) is 0 Å². The molecule has 0 saturated carbocycles. The molecule has 0 atom stereocenters. The number of hydrogen-bond donors (Lipinski definition) is 2. The van der Waals surface area contributed by atoms with E-state index in [1.54, 1.807) is 24.3 Å². The Bertz CT molecular complexity index is 1290. The molecule has 2 N–H and O–H groups in total. The van der Waals surface area contributed by atoms with Crippen LogP contribution in [0.4, 0.5) is 5.95 Å². The SMILES string of the molecule is Cn1c(=O)[nH]c(=O)c2c1nc(NCc1ccccc1)n2CC(=O)c1ccccc1. The quantitative estimate of drug-likeness (QED) is 0.491. The van der Waals surface area contributed by atoms with Crippen molar-refractivity contribution in [3.05, 3.63) is 92.6 Å². The fourth-order valence-electron chi connectivity index (χ4n) is 3.16. The van der Waals surface area contributed by atoms with Crippen LogP contribution in [0.5, 0.6) is 0 Å². The number of fused-ring (bicyclic) bond motifs is 1. The van der Waals surface area contributed by atoms with Gasteiger partial charge in [0.25, 0.3) is 5.56 Å². The van der Waals surface area contributed by atoms with E-state index in [9.17, 15) is 14.4 Å². The molecule has 146 valence electrons. The second-order valence-electron chi connectivity index (χ2n) is 6.64. The van der Waals surface area contributed by atoms with Gasteiger partial charge in [-0.05, 0) is 5.56 Å². The number of imidazole rings is 1. The van der Waals surface area contributed by atoms with Gasteiger partial charge in [-0.2, -0.15) is 4.98 Å². The molecule has 0 radical (unpaired) electrons. The van der Waals surface area contributed by atoms with Crippen LogP contribution in [-0.2, 0) is 20.1 Å². The summed E-state index contributed by atoms with van der Waals surface area (Å²) in [5, 5.41) is 3.18. The Morgan fingerprint density at radius 1 is 1.03 bits per heavy atom. The van der Waals surface area contributed by atoms with Crippen molar-refractivity contribution in [2.24, 2.45) is 7.05 Å². The van der Waals surface area contributed by atoms with Crippen LogP contribution in [0.1, 0.15) is 15.9 Å². The first-order valence-electron chi connectivity index (χ1n) is 9.10. The van der Waals surface area contributed by atoms with E-state index >= 15 is 0 Å². The Morgan fingerprint density at radius 3 is 2.38 bits per heavy atom. The topological polar surface area (TPSA) is 102 Å². The monoisotopic (exact) mass is 389 g/mol. The van der Waals surface area contributed by atoms with Gasteiger partial charge in [-0.1, -0.05) is 60.7 Å². The smallest absolute Gasteiger partial charge is 0.329 e. The number of H-pyrrole nitrogens is 1. The lowest BCUT2D eigenvalue weighted by Gasteiger charge is -2.10. The first kappa shape index (κ1) is 18.4. The molecule has 2 aromatic heterocycles. The van der Waals surface area contributed by atoms with Gasteiger partial charge in [0.15, 0.2) is 16.9 Å². The van der Waals surface area contributed by atoms with E-state index in [0.29, 0.717) is 18.1 Å². The lowest BCUT2D eigenvalue weighted by atomic mass is 10.1. The van der Waals surface area contributed by atoms with Crippen molar-refractivity contribution in [3.8, 4) is 0 Å². The van der Waals surface area contributed by atoms with E-state index in [1.807, 2.05) is 36.4 Å². The molecule has 4 rings (SSSR count). The molecular weight excluding hydrogens is 370 g/mol. The van der Waals surface area contributed by atoms with Crippen LogP contribution in [0.2, 0.25) is 0 Å². The molecule has 0 spiro atoms. The summed E-state index contributed by atoms with van der Waals surface area (Å²) < 4.78 is 2.78. The van der Waals surface area contributed by atoms with Crippen molar-refractivity contribution < 1.29 is 4.79 Å². The first-order valence-corrected chi connectivity index (χ1v) is 9.10. The molecule has 0 saturated heterocycles. The van der Waals surface area contributed by atoms with Gasteiger partial charge >= 0.3 is 5.69 Å². The lowest BCUT2D eigenvalue weighted by Crippen LogP contribution is -2.29. The molecule has 0 aliphatic rings. The molecule has 8 nitrogen and oxygen atoms in total. The molecule has 8 heteroatoms. The van der Waals surface area contributed by atoms with Gasteiger partial charge in [-0.3, -0.25) is 23.7 Å². The zero-order valence-electron chi connectivity index (χ0n) is 15.8. The largest absolute Gasteiger partial charge is 0.351 e. The third kappa shape index (κ3) is 3.60. The van der Waals surface area contributed by atoms with Crippen LogP contribution < -0.4 is 16.6 Å². The Hall–Kier alpha value is -3.94. The van der Waals surface area contributed by atoms with Crippen molar-refractivity contribution in [1.82, 2.24) is 19.1 Å². The summed E-state index contributed by atoms with van der Waals surface area (Å²) in [4.78, 5) is 44.0. The molecule has 0 amide bonds. The highest BCUT2D eigenvalue weighted by Gasteiger charge is 2.19. The molecule has 0 fully saturated rings. The number of carbonyl (C=O) groups excluding carboxylic acids is 1. The number of ketones is 1. The van der Waals surface area contributed by atoms with E-state index in [0.717, 1.165) is 5.56 Å². The van der Waals surface area contributed by atoms with E-state index in [-0.39, 0.29) is 23.5 Å². The molecule has 0 aliphatic heterocycles. The third-order valence-corrected chi connectivity index (χ3v) is 4.70. The van der Waals surface area contributed by atoms with Crippen molar-refractivity contribution in [1.29, 1.82) is 0 Å². The fraction of sp³-hybridized carbons (Fsp3) is 0.143. The summed E-state index contributed by atoms with van der Waals surface area (Å²) >= 11 is 0. The standard InChI is InChI=1S/C21H19N5O3/c1-25-18-17(19(28)24-21(25)29)26(13-16(27)15-10-6-3-7-11-15)20(23-18)22-12-14-8-4-2-5-9-14/h2-11H,12-13H2,1H3,(H,22,23)(H,24,28,29). The number of rotatable bonds is 6. The minimum Gasteiger partial charge on any atom is -0.351 e. The summed E-state index contributed by atoms with van der Waals surface area (Å²) in [7, 11) is 1.53. The van der Waals surface area contributed by atoms with Crippen LogP contribution in [-0.4, -0.2) is 24.9 Å². The average Bonchev–Trinajstić information content (AvgIpc) is 3.11. The summed E-state index contributed by atoms with van der Waals surface area (Å²) in [6.45, 7) is 0.370. The number of Topliss-reactive ketones (excluding diaryl/α,β-unsaturated/α-hetero) is 1. The molecule has 29 heavy (non-hydrogen) atoms. The molecule has 0 aliphatic carbocycles. The predicted molar refractivity (Wildman–Crippen MR) is 110 cm³/mol. The minimum absolute atomic E-state index is 0.0844. The maximum Gasteiger partial charge on any atom is 0.329 e. The summed E-state index contributed by atoms with van der Waals surface area (Å²) in [6, 6.07) is 18.5. The number of nitrogens with one attached hydrogen (secondary N) is 2. The van der Waals surface area contributed by atoms with Gasteiger partial charge in [-0.15, -0.1) is 0 Å². The second-order valence-corrected chi connectivity index (χ2v) is 6.64. The fourth-order valence-corrected chi connectivity index (χ4v) is 3.16. The zero-order valence-corrected chi connectivity index (χ0v) is 15.8. The number of aryl methyl sites for hydroxylation is 1. The van der Waals surface area contributed by atoms with Crippen LogP contribution in [0.25, 0.3) is 11.2 Å². The molecule has 0 unspecified atom stereocenters. The zero-order chi connectivity index (χ0) is 20.4. The third-order valence-electron chi connectivity index (χ3n) is 4.70. The predicted octanol–water partition coefficient (Wildman–Crippen LogP) is 1.92. The minimum atomic E-state index is -0.579. The second kappa shape index (κ2) is 7.59. The summed E-state index contributed by atoms with van der Waals surface area (Å²) in [6.07, 6.45) is 0. The number of carbonyl (C=O) groups is 1. The molecule has 4 aromatic rings. The van der Waals surface area contributed by atoms with Crippen molar-refractivity contribution in [2.75, 3.05) is 5.32 Å². The first-order chi connectivity index (χ1) is 14.0. The maximum atomic E-state index is 12.8. The molecule has 2 heterocycles. The number of nitrogens with zero attached hydrogens (tertiary/aromatic N) is 3. The summed E-state index contributed by atoms with van der Waals surface area (Å²) in [5.74, 6) is 0.181. The maximum absolute atomic E-state index is 12.8. The Kier molecular flexibility index (Phi) is 4.82. The average molecular weight is 389 g/mol. The number of anilines is 1. The Balaban J connectivity index is 1.79. The highest BCUT2D eigenvalue weighted by molar-refractivity contribution is 5.96. The highest BCUT2D eigenvalue weighted by Crippen LogP contribution is 2.17. The highest BCUT2D eigenvalue weighted by atomic mass is 16.2. The number of aromatic nitrogens is 4. The Labute approximate surface area is 165 Å². The number of benzene rings is 2. The van der Waals surface area contributed by atoms with Crippen LogP contribution in [0.3, 0.4) is 0 Å². The van der Waals surface area contributed by atoms with E-state index in [1.165, 1.54) is 16.2 Å². The van der Waals surface area contributed by atoms with Crippen LogP contribution >= 0.6 is 0 Å². The van der Waals surface area contributed by atoms with Gasteiger partial charge in [0.05, 0.1) is 6.54 Å². The number of aromatic amines is 1. The van der Waals surface area contributed by atoms with Crippen molar-refractivity contribution >= 4 is 22.9 Å². The molecule has 0 bridgehead atoms. The van der Waals surface area contributed by atoms with Crippen molar-refractivity contribution in [3.63, 3.8) is 0 Å². The van der Waals surface area contributed by atoms with Gasteiger partial charge in [0.1, 0.15) is 0 Å². The summed E-state index contributed by atoms with van der Waals surface area (Å²) in [5.41, 5.74) is 0.801. The Morgan fingerprint density at radius 2 is 1.69 bits per heavy atom. The normalized spacial score (nSPS) is 10.9. The van der Waals surface area contributed by atoms with Crippen molar-refractivity contribution in [2.45, 2.75) is 13.1 Å². The number of hydrogen-bond acceptors (Lipinski definition) is 5. The van der Waals surface area contributed by atoms with Gasteiger partial charge in [0.2, 0.25) is 5.95 Å². The van der Waals surface area contributed by atoms with E-state index in [2.05, 4.69) is 15.3 Å². The molecule has 2 aromatic carbocycles. The van der Waals surface area contributed by atoms with Gasteiger partial charge < -0.3 is 5.32 Å².